The van der Waals surface area contributed by atoms with Gasteiger partial charge in [-0.2, -0.15) is 0 Å². The van der Waals surface area contributed by atoms with Crippen molar-refractivity contribution >= 4 is 11.3 Å². The van der Waals surface area contributed by atoms with E-state index < -0.39 is 0 Å². The van der Waals surface area contributed by atoms with Gasteiger partial charge < -0.3 is 10.1 Å². The summed E-state index contributed by atoms with van der Waals surface area (Å²) in [6.07, 6.45) is 3.49. The molecule has 0 amide bonds. The van der Waals surface area contributed by atoms with Crippen LogP contribution in [-0.4, -0.2) is 24.7 Å². The van der Waals surface area contributed by atoms with Gasteiger partial charge in [0.05, 0.1) is 17.3 Å². The van der Waals surface area contributed by atoms with Crippen LogP contribution in [0.3, 0.4) is 0 Å². The molecule has 0 bridgehead atoms. The zero-order valence-electron chi connectivity index (χ0n) is 11.2. The third kappa shape index (κ3) is 2.39. The molecule has 0 saturated carbocycles. The minimum absolute atomic E-state index is 0.0304. The lowest BCUT2D eigenvalue weighted by Gasteiger charge is -2.39. The van der Waals surface area contributed by atoms with E-state index in [2.05, 4.69) is 26.1 Å². The topological polar surface area (TPSA) is 34.2 Å². The molecule has 1 aromatic rings. The van der Waals surface area contributed by atoms with E-state index in [1.54, 1.807) is 0 Å². The smallest absolute Gasteiger partial charge is 0.113 e. The monoisotopic (exact) mass is 254 g/mol. The van der Waals surface area contributed by atoms with Crippen molar-refractivity contribution in [3.05, 3.63) is 15.6 Å². The Balaban J connectivity index is 2.29. The third-order valence-corrected chi connectivity index (χ3v) is 5.11. The molecule has 1 saturated heterocycles. The summed E-state index contributed by atoms with van der Waals surface area (Å²) in [7, 11) is 2.05. The molecule has 17 heavy (non-hydrogen) atoms. The van der Waals surface area contributed by atoms with Crippen LogP contribution in [0.5, 0.6) is 0 Å². The van der Waals surface area contributed by atoms with Crippen LogP contribution >= 0.6 is 11.3 Å². The number of aromatic nitrogens is 1. The van der Waals surface area contributed by atoms with Crippen LogP contribution in [0.1, 0.15) is 41.8 Å². The minimum Gasteiger partial charge on any atom is -0.378 e. The van der Waals surface area contributed by atoms with E-state index in [4.69, 9.17) is 9.72 Å². The molecule has 1 N–H and O–H groups in total. The molecule has 2 heterocycles. The van der Waals surface area contributed by atoms with Gasteiger partial charge in [-0.1, -0.05) is 6.92 Å². The molecule has 96 valence electrons. The normalized spacial score (nSPS) is 29.5. The molecule has 0 aromatic carbocycles. The highest BCUT2D eigenvalue weighted by Gasteiger charge is 2.39. The number of thiazole rings is 1. The second-order valence-electron chi connectivity index (χ2n) is 4.85. The maximum absolute atomic E-state index is 5.78. The van der Waals surface area contributed by atoms with Gasteiger partial charge in [0.1, 0.15) is 5.01 Å². The third-order valence-electron chi connectivity index (χ3n) is 3.83. The predicted octanol–water partition coefficient (Wildman–Crippen LogP) is 2.76. The highest BCUT2D eigenvalue weighted by molar-refractivity contribution is 7.11. The van der Waals surface area contributed by atoms with Crippen LogP contribution in [0.4, 0.5) is 0 Å². The molecule has 2 rings (SSSR count). The van der Waals surface area contributed by atoms with Crippen LogP contribution in [-0.2, 0) is 10.3 Å². The molecule has 0 radical (unpaired) electrons. The zero-order valence-corrected chi connectivity index (χ0v) is 12.0. The van der Waals surface area contributed by atoms with Crippen molar-refractivity contribution in [1.82, 2.24) is 10.3 Å². The van der Waals surface area contributed by atoms with Gasteiger partial charge in [-0.3, -0.25) is 0 Å². The summed E-state index contributed by atoms with van der Waals surface area (Å²) in [6.45, 7) is 7.26. The molecule has 1 aliphatic rings. The number of nitrogens with zero attached hydrogens (tertiary/aromatic N) is 1. The second kappa shape index (κ2) is 5.04. The van der Waals surface area contributed by atoms with Crippen LogP contribution in [0.25, 0.3) is 0 Å². The number of hydrogen-bond acceptors (Lipinski definition) is 4. The summed E-state index contributed by atoms with van der Waals surface area (Å²) in [5.74, 6) is 0. The average molecular weight is 254 g/mol. The molecule has 1 aliphatic heterocycles. The van der Waals surface area contributed by atoms with Gasteiger partial charge in [0.2, 0.25) is 0 Å². The SMILES string of the molecule is CCC1CC(NC)(c2nc(C)c(C)s2)CCO1. The quantitative estimate of drug-likeness (QED) is 0.900. The Bertz CT molecular complexity index is 371. The number of aryl methyl sites for hydroxylation is 2. The molecular weight excluding hydrogens is 232 g/mol. The van der Waals surface area contributed by atoms with Gasteiger partial charge in [0, 0.05) is 11.5 Å². The molecule has 1 aromatic heterocycles. The maximum Gasteiger partial charge on any atom is 0.113 e. The van der Waals surface area contributed by atoms with E-state index in [0.717, 1.165) is 25.9 Å². The van der Waals surface area contributed by atoms with E-state index in [1.807, 2.05) is 18.4 Å². The fourth-order valence-corrected chi connectivity index (χ4v) is 3.57. The number of rotatable bonds is 3. The van der Waals surface area contributed by atoms with Crippen molar-refractivity contribution in [2.24, 2.45) is 0 Å². The predicted molar refractivity (Wildman–Crippen MR) is 71.6 cm³/mol. The summed E-state index contributed by atoms with van der Waals surface area (Å²) < 4.78 is 5.78. The summed E-state index contributed by atoms with van der Waals surface area (Å²) in [5, 5.41) is 4.74. The fraction of sp³-hybridized carbons (Fsp3) is 0.769. The van der Waals surface area contributed by atoms with Crippen molar-refractivity contribution in [2.75, 3.05) is 13.7 Å². The first-order valence-corrected chi connectivity index (χ1v) is 7.18. The summed E-state index contributed by atoms with van der Waals surface area (Å²) in [4.78, 5) is 6.07. The molecule has 2 atom stereocenters. The van der Waals surface area contributed by atoms with Crippen LogP contribution in [0, 0.1) is 13.8 Å². The van der Waals surface area contributed by atoms with Gasteiger partial charge >= 0.3 is 0 Å². The van der Waals surface area contributed by atoms with Gasteiger partial charge in [-0.25, -0.2) is 4.98 Å². The minimum atomic E-state index is 0.0304. The van der Waals surface area contributed by atoms with Crippen molar-refractivity contribution in [3.8, 4) is 0 Å². The molecule has 0 spiro atoms. The van der Waals surface area contributed by atoms with Gasteiger partial charge in [0.25, 0.3) is 0 Å². The molecule has 1 fully saturated rings. The lowest BCUT2D eigenvalue weighted by atomic mass is 9.86. The van der Waals surface area contributed by atoms with Crippen molar-refractivity contribution in [2.45, 2.75) is 51.7 Å². The molecular formula is C13H22N2OS. The first-order valence-electron chi connectivity index (χ1n) is 6.36. The first kappa shape index (κ1) is 13.0. The Morgan fingerprint density at radius 1 is 1.53 bits per heavy atom. The van der Waals surface area contributed by atoms with E-state index in [9.17, 15) is 0 Å². The Morgan fingerprint density at radius 3 is 2.82 bits per heavy atom. The molecule has 4 heteroatoms. The molecule has 0 aliphatic carbocycles. The summed E-state index contributed by atoms with van der Waals surface area (Å²) in [5.41, 5.74) is 1.20. The van der Waals surface area contributed by atoms with Gasteiger partial charge in [-0.05, 0) is 40.2 Å². The largest absolute Gasteiger partial charge is 0.378 e. The Morgan fingerprint density at radius 2 is 2.29 bits per heavy atom. The zero-order chi connectivity index (χ0) is 12.5. The summed E-state index contributed by atoms with van der Waals surface area (Å²) >= 11 is 1.83. The first-order chi connectivity index (χ1) is 8.11. The van der Waals surface area contributed by atoms with Crippen LogP contribution < -0.4 is 5.32 Å². The highest BCUT2D eigenvalue weighted by atomic mass is 32.1. The van der Waals surface area contributed by atoms with Crippen molar-refractivity contribution in [1.29, 1.82) is 0 Å². The van der Waals surface area contributed by atoms with Crippen molar-refractivity contribution < 1.29 is 4.74 Å². The van der Waals surface area contributed by atoms with E-state index in [-0.39, 0.29) is 5.54 Å². The van der Waals surface area contributed by atoms with E-state index >= 15 is 0 Å². The van der Waals surface area contributed by atoms with Gasteiger partial charge in [0.15, 0.2) is 0 Å². The molecule has 2 unspecified atom stereocenters. The lowest BCUT2D eigenvalue weighted by molar-refractivity contribution is -0.0303. The Kier molecular flexibility index (Phi) is 3.85. The van der Waals surface area contributed by atoms with E-state index in [1.165, 1.54) is 15.6 Å². The Hall–Kier alpha value is -0.450. The van der Waals surface area contributed by atoms with E-state index in [0.29, 0.717) is 6.10 Å². The van der Waals surface area contributed by atoms with Crippen LogP contribution in [0.15, 0.2) is 0 Å². The number of hydrogen-bond donors (Lipinski definition) is 1. The lowest BCUT2D eigenvalue weighted by Crippen LogP contribution is -2.47. The second-order valence-corrected chi connectivity index (χ2v) is 6.05. The molecule has 3 nitrogen and oxygen atoms in total. The van der Waals surface area contributed by atoms with Crippen molar-refractivity contribution in [3.63, 3.8) is 0 Å². The van der Waals surface area contributed by atoms with Crippen LogP contribution in [0.2, 0.25) is 0 Å². The maximum atomic E-state index is 5.78. The number of nitrogens with one attached hydrogen (secondary N) is 1. The average Bonchev–Trinajstić information content (AvgIpc) is 2.70. The van der Waals surface area contributed by atoms with Gasteiger partial charge in [-0.15, -0.1) is 11.3 Å². The summed E-state index contributed by atoms with van der Waals surface area (Å²) in [6, 6.07) is 0. The standard InChI is InChI=1S/C13H22N2OS/c1-5-11-8-13(14-4,6-7-16-11)12-15-9(2)10(3)17-12/h11,14H,5-8H2,1-4H3. The highest BCUT2D eigenvalue weighted by Crippen LogP contribution is 2.38. The fourth-order valence-electron chi connectivity index (χ4n) is 2.42. The number of ether oxygens (including phenoxy) is 1. The Labute approximate surface area is 108 Å².